The summed E-state index contributed by atoms with van der Waals surface area (Å²) in [5.74, 6) is -0.733. The van der Waals surface area contributed by atoms with Crippen molar-refractivity contribution in [2.75, 3.05) is 33.0 Å². The molecule has 0 spiro atoms. The first-order valence-electron chi connectivity index (χ1n) is 14.3. The summed E-state index contributed by atoms with van der Waals surface area (Å²) in [5.41, 5.74) is 4.49. The second-order valence-corrected chi connectivity index (χ2v) is 9.69. The van der Waals surface area contributed by atoms with Crippen LogP contribution in [0.2, 0.25) is 0 Å². The average Bonchev–Trinajstić information content (AvgIpc) is 3.68. The van der Waals surface area contributed by atoms with Crippen LogP contribution >= 0.6 is 0 Å². The third kappa shape index (κ3) is 8.43. The molecule has 3 N–H and O–H groups in total. The molecular formula is C30H31N7O10. The quantitative estimate of drug-likeness (QED) is 0.0792. The van der Waals surface area contributed by atoms with Crippen LogP contribution in [-0.4, -0.2) is 95.8 Å². The molecule has 3 aromatic carbocycles. The molecule has 5 aromatic rings. The number of hydrogen-bond donors (Lipinski definition) is 3. The number of para-hydroxylation sites is 1. The number of benzene rings is 3. The molecule has 0 atom stereocenters. The van der Waals surface area contributed by atoms with Gasteiger partial charge in [-0.1, -0.05) is 54.6 Å². The zero-order valence-corrected chi connectivity index (χ0v) is 25.1. The zero-order chi connectivity index (χ0) is 33.2. The number of aromatic carboxylic acids is 1. The van der Waals surface area contributed by atoms with Crippen LogP contribution in [0.25, 0.3) is 33.5 Å². The Balaban J connectivity index is 1.23. The van der Waals surface area contributed by atoms with Gasteiger partial charge in [0, 0.05) is 5.56 Å². The molecule has 0 fully saturated rings. The lowest BCUT2D eigenvalue weighted by molar-refractivity contribution is -0.493. The summed E-state index contributed by atoms with van der Waals surface area (Å²) in [5, 5.41) is 38.6. The molecule has 5 rings (SSSR count). The number of fused-ring (bicyclic) bond motifs is 1. The fourth-order valence-electron chi connectivity index (χ4n) is 4.65. The summed E-state index contributed by atoms with van der Waals surface area (Å²) in [7, 11) is 0. The lowest BCUT2D eigenvalue weighted by atomic mass is 9.98. The monoisotopic (exact) mass is 649 g/mol. The van der Waals surface area contributed by atoms with Crippen molar-refractivity contribution in [2.45, 2.75) is 20.2 Å². The molecule has 2 aromatic heterocycles. The van der Waals surface area contributed by atoms with E-state index in [0.717, 1.165) is 21.5 Å². The van der Waals surface area contributed by atoms with E-state index in [0.29, 0.717) is 41.6 Å². The van der Waals surface area contributed by atoms with E-state index in [1.54, 1.807) is 22.8 Å². The molecule has 17 heteroatoms. The molecule has 0 bridgehead atoms. The number of nitrogens with zero attached hydrogens (tertiary/aromatic N) is 7. The average molecular weight is 650 g/mol. The first-order chi connectivity index (χ1) is 22.8. The van der Waals surface area contributed by atoms with Gasteiger partial charge in [0.1, 0.15) is 6.61 Å². The Morgan fingerprint density at radius 3 is 2.40 bits per heavy atom. The standard InChI is InChI=1S/C30H31N7O10/c1-2-44-29-31-25-9-5-8-24(28(38)39)26(25)35(29)18-20-10-12-21(13-11-20)22-6-3-4-7-23(22)27-32-34-36(33-27)19-46-30(40)45-16-14-43-15-17-47-37(41)42/h3-13,41-42H,2,14-19H2,1H3,(H,38,39). The van der Waals surface area contributed by atoms with E-state index in [1.807, 2.05) is 55.5 Å². The van der Waals surface area contributed by atoms with Gasteiger partial charge in [-0.15, -0.1) is 15.0 Å². The van der Waals surface area contributed by atoms with Gasteiger partial charge in [0.2, 0.25) is 12.6 Å². The van der Waals surface area contributed by atoms with Crippen molar-refractivity contribution in [3.05, 3.63) is 77.9 Å². The summed E-state index contributed by atoms with van der Waals surface area (Å²) in [6, 6.07) is 20.6. The van der Waals surface area contributed by atoms with E-state index >= 15 is 0 Å². The van der Waals surface area contributed by atoms with Crippen LogP contribution in [0, 0.1) is 0 Å². The molecule has 0 saturated carbocycles. The molecule has 246 valence electrons. The van der Waals surface area contributed by atoms with E-state index < -0.39 is 17.5 Å². The Hall–Kier alpha value is -5.46. The van der Waals surface area contributed by atoms with Crippen molar-refractivity contribution < 1.29 is 48.9 Å². The molecular weight excluding hydrogens is 618 g/mol. The van der Waals surface area contributed by atoms with Gasteiger partial charge in [-0.3, -0.25) is 15.0 Å². The predicted molar refractivity (Wildman–Crippen MR) is 160 cm³/mol. The largest absolute Gasteiger partial charge is 0.510 e. The van der Waals surface area contributed by atoms with Crippen LogP contribution in [0.15, 0.2) is 66.7 Å². The maximum atomic E-state index is 11.9. The molecule has 0 amide bonds. The third-order valence-corrected chi connectivity index (χ3v) is 6.64. The summed E-state index contributed by atoms with van der Waals surface area (Å²) >= 11 is 0. The van der Waals surface area contributed by atoms with Gasteiger partial charge in [-0.2, -0.15) is 4.98 Å². The summed E-state index contributed by atoms with van der Waals surface area (Å²) < 4.78 is 22.5. The van der Waals surface area contributed by atoms with Crippen molar-refractivity contribution in [1.29, 1.82) is 0 Å². The lowest BCUT2D eigenvalue weighted by Gasteiger charge is -2.12. The van der Waals surface area contributed by atoms with Gasteiger partial charge in [0.25, 0.3) is 6.01 Å². The Bertz CT molecular complexity index is 1810. The highest BCUT2D eigenvalue weighted by molar-refractivity contribution is 6.01. The molecule has 0 aliphatic rings. The van der Waals surface area contributed by atoms with Gasteiger partial charge in [0.05, 0.1) is 55.0 Å². The Kier molecular flexibility index (Phi) is 11.0. The van der Waals surface area contributed by atoms with E-state index in [9.17, 15) is 14.7 Å². The zero-order valence-electron chi connectivity index (χ0n) is 25.1. The topological polar surface area (TPSA) is 206 Å². The van der Waals surface area contributed by atoms with Crippen LogP contribution in [-0.2, 0) is 32.3 Å². The van der Waals surface area contributed by atoms with E-state index in [2.05, 4.69) is 25.2 Å². The summed E-state index contributed by atoms with van der Waals surface area (Å²) in [4.78, 5) is 33.8. The smallest absolute Gasteiger partial charge is 0.478 e. The first kappa shape index (κ1) is 32.9. The normalized spacial score (nSPS) is 11.2. The number of carbonyl (C=O) groups excluding carboxylic acids is 1. The number of carboxylic acids is 1. The SMILES string of the molecule is CCOc1nc2cccc(C(=O)O)c2n1Cc1ccc(-c2ccccc2-c2nnn(COC(=O)OCCOCCON(O)O)n2)cc1. The van der Waals surface area contributed by atoms with Gasteiger partial charge >= 0.3 is 12.1 Å². The molecule has 0 saturated heterocycles. The van der Waals surface area contributed by atoms with Crippen LogP contribution in [0.5, 0.6) is 6.01 Å². The minimum absolute atomic E-state index is 0.0409. The minimum atomic E-state index is -1.05. The van der Waals surface area contributed by atoms with Gasteiger partial charge in [-0.25, -0.2) is 14.4 Å². The Labute approximate surface area is 266 Å². The number of carboxylic acid groups (broad SMARTS) is 1. The highest BCUT2D eigenvalue weighted by Crippen LogP contribution is 2.31. The fourth-order valence-corrected chi connectivity index (χ4v) is 4.65. The molecule has 17 nitrogen and oxygen atoms in total. The molecule has 2 heterocycles. The third-order valence-electron chi connectivity index (χ3n) is 6.64. The van der Waals surface area contributed by atoms with Crippen molar-refractivity contribution in [2.24, 2.45) is 0 Å². The van der Waals surface area contributed by atoms with Crippen LogP contribution in [0.1, 0.15) is 22.8 Å². The summed E-state index contributed by atoms with van der Waals surface area (Å²) in [6.45, 7) is 2.10. The van der Waals surface area contributed by atoms with Gasteiger partial charge < -0.3 is 24.1 Å². The number of imidazole rings is 1. The van der Waals surface area contributed by atoms with Gasteiger partial charge in [0.15, 0.2) is 0 Å². The first-order valence-corrected chi connectivity index (χ1v) is 14.3. The van der Waals surface area contributed by atoms with Crippen LogP contribution < -0.4 is 4.74 Å². The van der Waals surface area contributed by atoms with Crippen molar-refractivity contribution in [3.8, 4) is 28.5 Å². The maximum Gasteiger partial charge on any atom is 0.510 e. The molecule has 47 heavy (non-hydrogen) atoms. The molecule has 0 aliphatic heterocycles. The van der Waals surface area contributed by atoms with E-state index in [-0.39, 0.29) is 38.7 Å². The fraction of sp³-hybridized carbons (Fsp3) is 0.267. The van der Waals surface area contributed by atoms with Crippen molar-refractivity contribution >= 4 is 23.2 Å². The predicted octanol–water partition coefficient (Wildman–Crippen LogP) is 3.64. The van der Waals surface area contributed by atoms with E-state index in [4.69, 9.17) is 29.4 Å². The van der Waals surface area contributed by atoms with Crippen LogP contribution in [0.4, 0.5) is 4.79 Å². The van der Waals surface area contributed by atoms with Crippen LogP contribution in [0.3, 0.4) is 0 Å². The number of ether oxygens (including phenoxy) is 4. The maximum absolute atomic E-state index is 11.9. The number of tetrazole rings is 1. The van der Waals surface area contributed by atoms with Crippen molar-refractivity contribution in [1.82, 2.24) is 35.1 Å². The van der Waals surface area contributed by atoms with Gasteiger partial charge in [-0.05, 0) is 41.0 Å². The number of aromatic nitrogens is 6. The minimum Gasteiger partial charge on any atom is -0.478 e. The molecule has 0 aliphatic carbocycles. The second-order valence-electron chi connectivity index (χ2n) is 9.69. The molecule has 0 unspecified atom stereocenters. The Morgan fingerprint density at radius 1 is 0.894 bits per heavy atom. The number of rotatable bonds is 16. The van der Waals surface area contributed by atoms with E-state index in [1.165, 1.54) is 0 Å². The Morgan fingerprint density at radius 2 is 1.66 bits per heavy atom. The molecule has 0 radical (unpaired) electrons. The van der Waals surface area contributed by atoms with Crippen molar-refractivity contribution in [3.63, 3.8) is 0 Å². The number of carbonyl (C=O) groups is 2. The second kappa shape index (κ2) is 15.7. The number of hydrogen-bond acceptors (Lipinski definition) is 14. The highest BCUT2D eigenvalue weighted by Gasteiger charge is 2.19. The highest BCUT2D eigenvalue weighted by atomic mass is 17.1. The summed E-state index contributed by atoms with van der Waals surface area (Å²) in [6.07, 6.45) is -0.961. The lowest BCUT2D eigenvalue weighted by Crippen LogP contribution is -2.19.